The molecule has 1 saturated carbocycles. The van der Waals surface area contributed by atoms with E-state index in [-0.39, 0.29) is 67.8 Å². The van der Waals surface area contributed by atoms with Crippen LogP contribution in [0.15, 0.2) is 70.9 Å². The number of fused-ring (bicyclic) bond motifs is 3. The van der Waals surface area contributed by atoms with Gasteiger partial charge in [-0.15, -0.1) is 0 Å². The van der Waals surface area contributed by atoms with Crippen molar-refractivity contribution in [2.45, 2.75) is 187 Å². The van der Waals surface area contributed by atoms with E-state index in [2.05, 4.69) is 32.6 Å². The third-order valence-corrected chi connectivity index (χ3v) is 16.7. The van der Waals surface area contributed by atoms with E-state index >= 15 is 0 Å². The number of carbonyl (C=O) groups is 5. The molecule has 0 unspecified atom stereocenters. The normalized spacial score (nSPS) is 36.4. The number of benzene rings is 1. The van der Waals surface area contributed by atoms with E-state index in [0.717, 1.165) is 14.7 Å². The van der Waals surface area contributed by atoms with Crippen LogP contribution in [-0.4, -0.2) is 125 Å². The molecule has 1 aliphatic carbocycles. The summed E-state index contributed by atoms with van der Waals surface area (Å²) in [6.07, 6.45) is 10.3. The average Bonchev–Trinajstić information content (AvgIpc) is 3.38. The maximum Gasteiger partial charge on any atom is 0.329 e. The predicted octanol–water partition coefficient (Wildman–Crippen LogP) is 9.30. The first kappa shape index (κ1) is 61.7. The highest BCUT2D eigenvalue weighted by Crippen LogP contribution is 2.38. The molecule has 414 valence electrons. The number of aliphatic hydroxyl groups is 3. The first-order chi connectivity index (χ1) is 35.6. The van der Waals surface area contributed by atoms with Crippen molar-refractivity contribution >= 4 is 57.5 Å². The minimum atomic E-state index is -2.51. The summed E-state index contributed by atoms with van der Waals surface area (Å²) in [6, 6.07) is 4.20. The molecule has 3 heterocycles. The van der Waals surface area contributed by atoms with Crippen LogP contribution in [0, 0.1) is 39.1 Å². The number of ether oxygens (including phenoxy) is 5. The monoisotopic (exact) mass is 1150 g/mol. The molecule has 1 amide bonds. The zero-order valence-electron chi connectivity index (χ0n) is 45.3. The van der Waals surface area contributed by atoms with Gasteiger partial charge in [0.25, 0.3) is 11.7 Å². The lowest BCUT2D eigenvalue weighted by Crippen LogP contribution is -2.61. The van der Waals surface area contributed by atoms with Crippen molar-refractivity contribution in [2.24, 2.45) is 40.6 Å². The van der Waals surface area contributed by atoms with Gasteiger partial charge in [-0.25, -0.2) is 4.79 Å². The van der Waals surface area contributed by atoms with Crippen molar-refractivity contribution in [1.82, 2.24) is 4.90 Å². The number of nitrogens with zero attached hydrogens (tertiary/aromatic N) is 4. The highest BCUT2D eigenvalue weighted by atomic mass is 125. The Labute approximate surface area is 456 Å². The molecule has 3 aliphatic heterocycles. The van der Waals surface area contributed by atoms with E-state index in [9.17, 15) is 39.3 Å². The van der Waals surface area contributed by atoms with Crippen LogP contribution in [0.1, 0.15) is 131 Å². The highest BCUT2D eigenvalue weighted by molar-refractivity contribution is 14.1. The molecular formula is C57H81IN4O13. The van der Waals surface area contributed by atoms with E-state index in [1.807, 2.05) is 63.3 Å². The van der Waals surface area contributed by atoms with Gasteiger partial charge >= 0.3 is 5.97 Å². The SMILES string of the molecule is CO[C@@H]1C[C@H](C[C@@H](C)[C@@H]2CC(=O)[C@H](C)/C=C(\C)[C@@H](O)[C@@H](OC)C(=O)[C@H](C)C[C@H](C)/C=C/C=C/C=C(\C)[C@@H](OCc3ccc(N=[N+]=[N-])c([125I])c3)C[C@@H]3CC[C@@H](C)[C@@](O)(O3)C(=O)C(=O)N3CCCC[C@H]3C(=O)O2)CC[C@H]1O. The zero-order valence-corrected chi connectivity index (χ0v) is 47.4. The third-order valence-electron chi connectivity index (χ3n) is 15.8. The number of amides is 1. The molecule has 1 aromatic carbocycles. The number of methoxy groups -OCH3 is 2. The minimum Gasteiger partial charge on any atom is -0.460 e. The summed E-state index contributed by atoms with van der Waals surface area (Å²) in [7, 11) is 2.93. The molecule has 3 N–H and O–H groups in total. The number of halogens is 1. The van der Waals surface area contributed by atoms with Crippen molar-refractivity contribution < 1.29 is 63.0 Å². The van der Waals surface area contributed by atoms with Crippen LogP contribution >= 0.6 is 22.6 Å². The van der Waals surface area contributed by atoms with Gasteiger partial charge in [-0.3, -0.25) is 19.2 Å². The Morgan fingerprint density at radius 1 is 0.933 bits per heavy atom. The lowest BCUT2D eigenvalue weighted by atomic mass is 9.78. The Bertz CT molecular complexity index is 2330. The number of allylic oxidation sites excluding steroid dienone is 6. The van der Waals surface area contributed by atoms with Crippen molar-refractivity contribution in [3.05, 3.63) is 85.4 Å². The number of hydrogen-bond donors (Lipinski definition) is 3. The summed E-state index contributed by atoms with van der Waals surface area (Å²) in [5, 5.41) is 38.0. The molecular weight excluding hydrogens is 1070 g/mol. The van der Waals surface area contributed by atoms with E-state index < -0.39 is 83.9 Å². The number of esters is 1. The molecule has 75 heavy (non-hydrogen) atoms. The van der Waals surface area contributed by atoms with Gasteiger partial charge in [0.05, 0.1) is 36.7 Å². The molecule has 5 rings (SSSR count). The molecule has 17 nitrogen and oxygen atoms in total. The number of carbonyl (C=O) groups excluding carboxylic acids is 5. The van der Waals surface area contributed by atoms with Crippen molar-refractivity contribution in [3.63, 3.8) is 0 Å². The molecule has 0 spiro atoms. The summed E-state index contributed by atoms with van der Waals surface area (Å²) in [4.78, 5) is 75.7. The number of hydrogen-bond acceptors (Lipinski definition) is 14. The average molecular weight is 1160 g/mol. The standard InChI is InChI=1S/C57H81IN4O13/c1-33-15-11-10-12-16-34(2)48(73-32-41-19-22-44(60-61-59)43(58)28-41)30-42-21-18-39(7)57(70,75-42)54(67)55(68)62-24-14-13-17-45(62)56(69)74-49(36(4)27-40-20-23-46(63)50(29-40)71-8)31-47(64)35(3)26-38(6)52(66)53(72-9)51(65)37(5)25-33/h10-12,15-16,19,22,26,28,33,35-37,39-40,42,45-46,48-50,52-53,63,66,70H,13-14,17-18,20-21,23-25,27,29-32H2,1-9H3/b12-10+,15-11+,34-16+,38-26+/t33-,35-,36-,37-,39-,40+,42+,45+,46-,48+,49+,50-,52-,53+,57-/m1/s1/i58-2. The zero-order chi connectivity index (χ0) is 55.1. The number of ketones is 3. The maximum absolute atomic E-state index is 14.5. The van der Waals surface area contributed by atoms with Crippen LogP contribution in [0.3, 0.4) is 0 Å². The van der Waals surface area contributed by atoms with Crippen LogP contribution in [0.2, 0.25) is 0 Å². The van der Waals surface area contributed by atoms with Gasteiger partial charge in [0.15, 0.2) is 5.78 Å². The number of Topliss-reactive ketones (excluding diaryl/α,β-unsaturated/α-hetero) is 3. The number of cyclic esters (lactones) is 1. The third kappa shape index (κ3) is 16.7. The van der Waals surface area contributed by atoms with Crippen molar-refractivity contribution in [1.29, 1.82) is 0 Å². The van der Waals surface area contributed by atoms with Gasteiger partial charge in [-0.05, 0) is 147 Å². The molecule has 2 saturated heterocycles. The summed E-state index contributed by atoms with van der Waals surface area (Å²) in [5.41, 5.74) is 11.5. The number of piperidine rings is 1. The lowest BCUT2D eigenvalue weighted by molar-refractivity contribution is -0.266. The van der Waals surface area contributed by atoms with Gasteiger partial charge in [0, 0.05) is 59.8 Å². The quantitative estimate of drug-likeness (QED) is 0.0397. The van der Waals surface area contributed by atoms with E-state index in [0.29, 0.717) is 69.0 Å². The second kappa shape index (κ2) is 29.0. The minimum absolute atomic E-state index is 0.0294. The summed E-state index contributed by atoms with van der Waals surface area (Å²) in [6.45, 7) is 12.8. The van der Waals surface area contributed by atoms with E-state index in [1.165, 1.54) is 12.0 Å². The van der Waals surface area contributed by atoms with Crippen LogP contribution in [0.4, 0.5) is 5.69 Å². The van der Waals surface area contributed by atoms with Gasteiger partial charge in [0.2, 0.25) is 5.79 Å². The van der Waals surface area contributed by atoms with Crippen molar-refractivity contribution in [2.75, 3.05) is 20.8 Å². The molecule has 3 fully saturated rings. The first-order valence-electron chi connectivity index (χ1n) is 26.7. The molecule has 15 atom stereocenters. The second-order valence-electron chi connectivity index (χ2n) is 21.6. The molecule has 0 aromatic heterocycles. The molecule has 2 bridgehead atoms. The molecule has 1 aromatic rings. The van der Waals surface area contributed by atoms with Gasteiger partial charge in [-0.1, -0.05) is 88.3 Å². The summed E-state index contributed by atoms with van der Waals surface area (Å²) in [5.74, 6) is -8.40. The molecule has 4 aliphatic rings. The van der Waals surface area contributed by atoms with Crippen LogP contribution < -0.4 is 0 Å². The number of azide groups is 1. The Hall–Kier alpha value is -4.11. The Balaban J connectivity index is 1.50. The van der Waals surface area contributed by atoms with Gasteiger partial charge in [0.1, 0.15) is 30.1 Å². The Morgan fingerprint density at radius 2 is 1.68 bits per heavy atom. The first-order valence-corrected chi connectivity index (χ1v) is 27.8. The Kier molecular flexibility index (Phi) is 23.9. The molecule has 0 radical (unpaired) electrons. The summed E-state index contributed by atoms with van der Waals surface area (Å²) < 4.78 is 31.1. The highest BCUT2D eigenvalue weighted by Gasteiger charge is 2.53. The number of rotatable bonds is 9. The van der Waals surface area contributed by atoms with Crippen LogP contribution in [0.5, 0.6) is 0 Å². The van der Waals surface area contributed by atoms with Crippen LogP contribution in [0.25, 0.3) is 10.4 Å². The van der Waals surface area contributed by atoms with E-state index in [1.54, 1.807) is 46.9 Å². The topological polar surface area (TPSA) is 244 Å². The largest absolute Gasteiger partial charge is 0.460 e. The smallest absolute Gasteiger partial charge is 0.329 e. The molecule has 18 heteroatoms. The fourth-order valence-electron chi connectivity index (χ4n) is 11.0. The predicted molar refractivity (Wildman–Crippen MR) is 291 cm³/mol. The summed E-state index contributed by atoms with van der Waals surface area (Å²) >= 11 is 2.10. The maximum atomic E-state index is 14.5. The van der Waals surface area contributed by atoms with Crippen molar-refractivity contribution in [3.8, 4) is 0 Å². The lowest BCUT2D eigenvalue weighted by Gasteiger charge is -2.43. The second-order valence-corrected chi connectivity index (χ2v) is 22.8. The fourth-order valence-corrected chi connectivity index (χ4v) is 11.7. The van der Waals surface area contributed by atoms with Gasteiger partial charge < -0.3 is 43.9 Å². The van der Waals surface area contributed by atoms with E-state index in [4.69, 9.17) is 29.2 Å². The fraction of sp³-hybridized carbons (Fsp3) is 0.667. The Morgan fingerprint density at radius 3 is 2.37 bits per heavy atom. The number of aliphatic hydroxyl groups excluding tert-OH is 2. The van der Waals surface area contributed by atoms with Crippen LogP contribution in [-0.2, 0) is 54.3 Å². The van der Waals surface area contributed by atoms with Gasteiger partial charge in [-0.2, -0.15) is 0 Å².